The van der Waals surface area contributed by atoms with Crippen LogP contribution in [0.2, 0.25) is 5.02 Å². The summed E-state index contributed by atoms with van der Waals surface area (Å²) in [6, 6.07) is 9.50. The smallest absolute Gasteiger partial charge is 0.305 e. The minimum atomic E-state index is -0.941. The molecule has 0 bridgehead atoms. The highest BCUT2D eigenvalue weighted by Crippen LogP contribution is 2.55. The Balaban J connectivity index is 1.67. The average Bonchev–Trinajstić information content (AvgIpc) is 2.90. The Hall–Kier alpha value is -3.65. The number of carbonyl (C=O) groups excluding carboxylic acids is 2. The van der Waals surface area contributed by atoms with Gasteiger partial charge in [0.25, 0.3) is 0 Å². The van der Waals surface area contributed by atoms with Crippen molar-refractivity contribution in [2.24, 2.45) is 10.8 Å². The first kappa shape index (κ1) is 31.8. The topological polar surface area (TPSA) is 93.1 Å². The largest absolute Gasteiger partial charge is 0.490 e. The molecule has 0 fully saturated rings. The van der Waals surface area contributed by atoms with Crippen molar-refractivity contribution in [1.82, 2.24) is 4.90 Å². The van der Waals surface area contributed by atoms with E-state index in [1.807, 2.05) is 39.5 Å². The minimum absolute atomic E-state index is 0.0588. The van der Waals surface area contributed by atoms with Crippen LogP contribution in [0.4, 0.5) is 4.39 Å². The molecule has 0 unspecified atom stereocenters. The molecule has 3 aliphatic rings. The van der Waals surface area contributed by atoms with Crippen LogP contribution in [0.25, 0.3) is 0 Å². The maximum Gasteiger partial charge on any atom is 0.305 e. The number of ether oxygens (including phenoxy) is 2. The summed E-state index contributed by atoms with van der Waals surface area (Å²) in [5.41, 5.74) is 3.35. The van der Waals surface area contributed by atoms with E-state index in [2.05, 4.69) is 0 Å². The molecule has 0 radical (unpaired) electrons. The Morgan fingerprint density at radius 1 is 0.955 bits per heavy atom. The van der Waals surface area contributed by atoms with E-state index in [9.17, 15) is 23.9 Å². The number of benzene rings is 2. The molecule has 234 valence electrons. The number of halogens is 2. The second kappa shape index (κ2) is 12.0. The lowest BCUT2D eigenvalue weighted by atomic mass is 9.63. The molecule has 1 heterocycles. The number of aliphatic carboxylic acids is 1. The SMILES string of the molecule is CCOc1cc(C2C3=C(CC(C)(C)CC3=O)N(CCC(=O)O)C3=C2C(=O)CC(C)(C)C3)cc(Cl)c1OCc1ccc(F)cc1. The summed E-state index contributed by atoms with van der Waals surface area (Å²) in [4.78, 5) is 41.7. The predicted octanol–water partition coefficient (Wildman–Crippen LogP) is 7.62. The molecule has 9 heteroatoms. The Kier molecular flexibility index (Phi) is 8.69. The summed E-state index contributed by atoms with van der Waals surface area (Å²) >= 11 is 6.87. The fourth-order valence-electron chi connectivity index (χ4n) is 6.75. The van der Waals surface area contributed by atoms with E-state index in [0.717, 1.165) is 17.0 Å². The highest BCUT2D eigenvalue weighted by Gasteiger charge is 2.49. The van der Waals surface area contributed by atoms with Crippen molar-refractivity contribution in [3.63, 3.8) is 0 Å². The van der Waals surface area contributed by atoms with Crippen molar-refractivity contribution in [1.29, 1.82) is 0 Å². The van der Waals surface area contributed by atoms with Crippen LogP contribution in [0.3, 0.4) is 0 Å². The number of hydrogen-bond acceptors (Lipinski definition) is 6. The lowest BCUT2D eigenvalue weighted by Crippen LogP contribution is -2.45. The van der Waals surface area contributed by atoms with Gasteiger partial charge in [-0.25, -0.2) is 4.39 Å². The summed E-state index contributed by atoms with van der Waals surface area (Å²) < 4.78 is 25.5. The Bertz CT molecular complexity index is 1520. The lowest BCUT2D eigenvalue weighted by Gasteiger charge is -2.49. The summed E-state index contributed by atoms with van der Waals surface area (Å²) in [5, 5.41) is 9.85. The molecule has 0 amide bonds. The zero-order valence-electron chi connectivity index (χ0n) is 25.9. The number of allylic oxidation sites excluding steroid dienone is 4. The fourth-order valence-corrected chi connectivity index (χ4v) is 7.03. The molecule has 0 saturated carbocycles. The number of nitrogens with zero attached hydrogens (tertiary/aromatic N) is 1. The summed E-state index contributed by atoms with van der Waals surface area (Å²) in [5.74, 6) is -1.38. The molecule has 2 aliphatic carbocycles. The van der Waals surface area contributed by atoms with Gasteiger partial charge in [0.2, 0.25) is 0 Å². The van der Waals surface area contributed by atoms with Crippen molar-refractivity contribution in [2.75, 3.05) is 13.2 Å². The molecular formula is C35H39ClFNO6. The number of Topliss-reactive ketones (excluding diaryl/α,β-unsaturated/α-hetero) is 2. The van der Waals surface area contributed by atoms with E-state index in [1.54, 1.807) is 24.3 Å². The zero-order valence-corrected chi connectivity index (χ0v) is 26.6. The number of hydrogen-bond donors (Lipinski definition) is 1. The van der Waals surface area contributed by atoms with Crippen molar-refractivity contribution < 1.29 is 33.4 Å². The van der Waals surface area contributed by atoms with Gasteiger partial charge in [-0.2, -0.15) is 0 Å². The van der Waals surface area contributed by atoms with Crippen LogP contribution in [0.5, 0.6) is 11.5 Å². The first-order valence-electron chi connectivity index (χ1n) is 15.0. The highest BCUT2D eigenvalue weighted by atomic mass is 35.5. The molecule has 1 N–H and O–H groups in total. The van der Waals surface area contributed by atoms with Gasteiger partial charge in [0.1, 0.15) is 12.4 Å². The molecule has 7 nitrogen and oxygen atoms in total. The van der Waals surface area contributed by atoms with Gasteiger partial charge in [0, 0.05) is 47.8 Å². The lowest BCUT2D eigenvalue weighted by molar-refractivity contribution is -0.137. The van der Waals surface area contributed by atoms with Gasteiger partial charge < -0.3 is 19.5 Å². The molecular weight excluding hydrogens is 585 g/mol. The third-order valence-corrected chi connectivity index (χ3v) is 8.81. The molecule has 0 saturated heterocycles. The molecule has 5 rings (SSSR count). The first-order valence-corrected chi connectivity index (χ1v) is 15.4. The van der Waals surface area contributed by atoms with Gasteiger partial charge in [0.15, 0.2) is 23.1 Å². The van der Waals surface area contributed by atoms with Crippen LogP contribution in [-0.2, 0) is 21.0 Å². The zero-order chi connectivity index (χ0) is 32.0. The number of rotatable bonds is 9. The van der Waals surface area contributed by atoms with Crippen LogP contribution in [0.15, 0.2) is 58.9 Å². The van der Waals surface area contributed by atoms with Crippen LogP contribution >= 0.6 is 11.6 Å². The molecule has 2 aromatic rings. The molecule has 0 spiro atoms. The molecule has 0 atom stereocenters. The standard InChI is InChI=1S/C35H39ClFNO6/c1-6-43-28-14-21(13-23(36)33(28)44-19-20-7-9-22(37)10-8-20)30-31-24(15-34(2,3)17-26(31)39)38(12-11-29(41)42)25-16-35(4,5)18-27(40)32(25)30/h7-10,13-14,30H,6,11-12,15-19H2,1-5H3,(H,41,42). The highest BCUT2D eigenvalue weighted by molar-refractivity contribution is 6.32. The maximum atomic E-state index is 14.0. The van der Waals surface area contributed by atoms with Gasteiger partial charge in [-0.1, -0.05) is 51.4 Å². The minimum Gasteiger partial charge on any atom is -0.490 e. The molecule has 44 heavy (non-hydrogen) atoms. The average molecular weight is 624 g/mol. The second-order valence-electron chi connectivity index (χ2n) is 13.5. The van der Waals surface area contributed by atoms with E-state index >= 15 is 0 Å². The van der Waals surface area contributed by atoms with Crippen molar-refractivity contribution in [2.45, 2.75) is 79.2 Å². The van der Waals surface area contributed by atoms with E-state index in [4.69, 9.17) is 21.1 Å². The molecule has 1 aliphatic heterocycles. The van der Waals surface area contributed by atoms with Crippen LogP contribution in [0, 0.1) is 16.6 Å². The van der Waals surface area contributed by atoms with Crippen LogP contribution < -0.4 is 9.47 Å². The monoisotopic (exact) mass is 623 g/mol. The normalized spacial score (nSPS) is 19.6. The van der Waals surface area contributed by atoms with E-state index in [0.29, 0.717) is 60.5 Å². The third kappa shape index (κ3) is 6.41. The summed E-state index contributed by atoms with van der Waals surface area (Å²) in [7, 11) is 0. The number of carbonyl (C=O) groups is 3. The van der Waals surface area contributed by atoms with Crippen molar-refractivity contribution in [3.05, 3.63) is 80.9 Å². The fraction of sp³-hybridized carbons (Fsp3) is 0.457. The van der Waals surface area contributed by atoms with Gasteiger partial charge in [-0.15, -0.1) is 0 Å². The van der Waals surface area contributed by atoms with E-state index < -0.39 is 11.9 Å². The third-order valence-electron chi connectivity index (χ3n) is 8.53. The summed E-state index contributed by atoms with van der Waals surface area (Å²) in [6.45, 7) is 10.6. The Labute approximate surface area is 262 Å². The van der Waals surface area contributed by atoms with Gasteiger partial charge >= 0.3 is 5.97 Å². The summed E-state index contributed by atoms with van der Waals surface area (Å²) in [6.07, 6.45) is 1.63. The maximum absolute atomic E-state index is 14.0. The van der Waals surface area contributed by atoms with Gasteiger partial charge in [-0.05, 0) is 66.0 Å². The number of carboxylic acid groups (broad SMARTS) is 1. The first-order chi connectivity index (χ1) is 20.7. The molecule has 2 aromatic carbocycles. The van der Waals surface area contributed by atoms with Gasteiger partial charge in [-0.3, -0.25) is 14.4 Å². The van der Waals surface area contributed by atoms with Crippen molar-refractivity contribution in [3.8, 4) is 11.5 Å². The number of carboxylic acids is 1. The van der Waals surface area contributed by atoms with Crippen molar-refractivity contribution >= 4 is 29.1 Å². The van der Waals surface area contributed by atoms with E-state index in [1.165, 1.54) is 12.1 Å². The Morgan fingerprint density at radius 3 is 2.05 bits per heavy atom. The van der Waals surface area contributed by atoms with Crippen LogP contribution in [-0.4, -0.2) is 40.7 Å². The number of ketones is 2. The predicted molar refractivity (Wildman–Crippen MR) is 165 cm³/mol. The Morgan fingerprint density at radius 2 is 1.52 bits per heavy atom. The quantitative estimate of drug-likeness (QED) is 0.307. The van der Waals surface area contributed by atoms with Crippen LogP contribution in [0.1, 0.15) is 83.8 Å². The second-order valence-corrected chi connectivity index (χ2v) is 13.9. The molecule has 0 aromatic heterocycles. The van der Waals surface area contributed by atoms with Gasteiger partial charge in [0.05, 0.1) is 18.1 Å². The van der Waals surface area contributed by atoms with E-state index in [-0.39, 0.29) is 52.8 Å².